The van der Waals surface area contributed by atoms with E-state index in [-0.39, 0.29) is 51.2 Å². The molecule has 4 aliphatic rings. The van der Waals surface area contributed by atoms with Crippen molar-refractivity contribution >= 4 is 17.5 Å². The van der Waals surface area contributed by atoms with Crippen LogP contribution in [0, 0.1) is 45.3 Å². The third-order valence-electron chi connectivity index (χ3n) is 11.7. The highest BCUT2D eigenvalue weighted by atomic mass is 16.5. The molecule has 4 heteroatoms. The van der Waals surface area contributed by atoms with Crippen LogP contribution in [0.3, 0.4) is 0 Å². The largest absolute Gasteiger partial charge is 0.462 e. The number of ketones is 2. The zero-order chi connectivity index (χ0) is 26.8. The van der Waals surface area contributed by atoms with E-state index < -0.39 is 0 Å². The van der Waals surface area contributed by atoms with Gasteiger partial charge in [0.15, 0.2) is 11.6 Å². The fourth-order valence-corrected chi connectivity index (χ4v) is 9.55. The lowest BCUT2D eigenvalue weighted by Crippen LogP contribution is -2.59. The molecule has 0 amide bonds. The first-order chi connectivity index (χ1) is 16.6. The Morgan fingerprint density at radius 2 is 1.61 bits per heavy atom. The Morgan fingerprint density at radius 3 is 2.22 bits per heavy atom. The molecule has 4 nitrogen and oxygen atoms in total. The predicted molar refractivity (Wildman–Crippen MR) is 143 cm³/mol. The zero-order valence-electron chi connectivity index (χ0n) is 24.4. The third-order valence-corrected chi connectivity index (χ3v) is 11.7. The average molecular weight is 499 g/mol. The summed E-state index contributed by atoms with van der Waals surface area (Å²) in [4.78, 5) is 40.1. The number of hydrogen-bond donors (Lipinski definition) is 0. The van der Waals surface area contributed by atoms with Gasteiger partial charge in [0.1, 0.15) is 6.10 Å². The molecule has 2 saturated carbocycles. The van der Waals surface area contributed by atoms with Gasteiger partial charge in [-0.3, -0.25) is 14.4 Å². The molecule has 0 unspecified atom stereocenters. The maximum atomic E-state index is 14.2. The number of hydrogen-bond acceptors (Lipinski definition) is 4. The Balaban J connectivity index is 1.72. The first kappa shape index (κ1) is 27.6. The van der Waals surface area contributed by atoms with Gasteiger partial charge in [-0.2, -0.15) is 0 Å². The number of Topliss-reactive ketones (excluding diaryl/α,β-unsaturated/α-hetero) is 2. The first-order valence-corrected chi connectivity index (χ1v) is 14.6. The summed E-state index contributed by atoms with van der Waals surface area (Å²) in [7, 11) is 0. The average Bonchev–Trinajstić information content (AvgIpc) is 3.02. The van der Waals surface area contributed by atoms with Crippen molar-refractivity contribution in [2.75, 3.05) is 0 Å². The maximum Gasteiger partial charge on any atom is 0.302 e. The van der Waals surface area contributed by atoms with Crippen molar-refractivity contribution in [2.45, 2.75) is 126 Å². The second-order valence-electron chi connectivity index (χ2n) is 14.6. The SMILES string of the molecule is CC(=O)O[C@@H]1CC[C@]2(C)C3=C(C(=O)C[C@@H]2C1(C)C)[C@]1(C)CC[C@H]([C@@H](C)CCCC(C)C)[C@]1(C)CC3=O. The second-order valence-corrected chi connectivity index (χ2v) is 14.6. The minimum atomic E-state index is -0.363. The Labute approximate surface area is 219 Å². The van der Waals surface area contributed by atoms with E-state index in [1.807, 2.05) is 0 Å². The van der Waals surface area contributed by atoms with Crippen LogP contribution < -0.4 is 0 Å². The normalized spacial score (nSPS) is 40.6. The molecule has 36 heavy (non-hydrogen) atoms. The van der Waals surface area contributed by atoms with Crippen molar-refractivity contribution in [1.29, 1.82) is 0 Å². The molecule has 0 heterocycles. The smallest absolute Gasteiger partial charge is 0.302 e. The highest BCUT2D eigenvalue weighted by Gasteiger charge is 2.67. The molecule has 7 atom stereocenters. The number of fused-ring (bicyclic) bond motifs is 4. The lowest BCUT2D eigenvalue weighted by molar-refractivity contribution is -0.169. The minimum Gasteiger partial charge on any atom is -0.462 e. The molecule has 0 aromatic heterocycles. The molecule has 4 rings (SSSR count). The van der Waals surface area contributed by atoms with Crippen LogP contribution in [0.25, 0.3) is 0 Å². The van der Waals surface area contributed by atoms with Crippen LogP contribution in [0.4, 0.5) is 0 Å². The van der Waals surface area contributed by atoms with Crippen molar-refractivity contribution in [2.24, 2.45) is 45.3 Å². The van der Waals surface area contributed by atoms with E-state index in [0.717, 1.165) is 42.7 Å². The summed E-state index contributed by atoms with van der Waals surface area (Å²) >= 11 is 0. The van der Waals surface area contributed by atoms with Gasteiger partial charge in [-0.05, 0) is 54.8 Å². The van der Waals surface area contributed by atoms with Gasteiger partial charge in [0.2, 0.25) is 0 Å². The molecule has 0 bridgehead atoms. The van der Waals surface area contributed by atoms with Crippen molar-refractivity contribution < 1.29 is 19.1 Å². The Bertz CT molecular complexity index is 973. The van der Waals surface area contributed by atoms with Crippen LogP contribution in [0.15, 0.2) is 11.1 Å². The van der Waals surface area contributed by atoms with Crippen LogP contribution >= 0.6 is 0 Å². The van der Waals surface area contributed by atoms with E-state index in [0.29, 0.717) is 24.7 Å². The number of carbonyl (C=O) groups excluding carboxylic acids is 3. The van der Waals surface area contributed by atoms with E-state index in [1.165, 1.54) is 26.2 Å². The molecule has 0 aromatic rings. The molecule has 0 N–H and O–H groups in total. The molecule has 0 aliphatic heterocycles. The van der Waals surface area contributed by atoms with E-state index in [4.69, 9.17) is 4.74 Å². The van der Waals surface area contributed by atoms with Crippen molar-refractivity contribution in [3.8, 4) is 0 Å². The van der Waals surface area contributed by atoms with E-state index >= 15 is 0 Å². The van der Waals surface area contributed by atoms with Gasteiger partial charge in [-0.25, -0.2) is 0 Å². The first-order valence-electron chi connectivity index (χ1n) is 14.6. The molecule has 2 fully saturated rings. The van der Waals surface area contributed by atoms with E-state index in [1.54, 1.807) is 0 Å². The fourth-order valence-electron chi connectivity index (χ4n) is 9.55. The van der Waals surface area contributed by atoms with E-state index in [2.05, 4.69) is 55.4 Å². The van der Waals surface area contributed by atoms with Gasteiger partial charge in [-0.1, -0.05) is 74.7 Å². The van der Waals surface area contributed by atoms with Crippen LogP contribution in [-0.2, 0) is 19.1 Å². The zero-order valence-corrected chi connectivity index (χ0v) is 24.4. The summed E-state index contributed by atoms with van der Waals surface area (Å²) in [5.41, 5.74) is 0.632. The molecule has 202 valence electrons. The van der Waals surface area contributed by atoms with Crippen LogP contribution in [-0.4, -0.2) is 23.6 Å². The van der Waals surface area contributed by atoms with Crippen LogP contribution in [0.1, 0.15) is 120 Å². The van der Waals surface area contributed by atoms with Gasteiger partial charge in [0.25, 0.3) is 0 Å². The molecular formula is C32H50O4. The number of rotatable bonds is 6. The maximum absolute atomic E-state index is 14.2. The third kappa shape index (κ3) is 3.95. The lowest BCUT2D eigenvalue weighted by Gasteiger charge is -2.60. The summed E-state index contributed by atoms with van der Waals surface area (Å²) in [6.45, 7) is 19.6. The molecule has 0 saturated heterocycles. The Hall–Kier alpha value is -1.45. The topological polar surface area (TPSA) is 60.4 Å². The van der Waals surface area contributed by atoms with Gasteiger partial charge in [-0.15, -0.1) is 0 Å². The van der Waals surface area contributed by atoms with Gasteiger partial charge >= 0.3 is 5.97 Å². The van der Waals surface area contributed by atoms with Gasteiger partial charge in [0, 0.05) is 47.2 Å². The molecule has 0 radical (unpaired) electrons. The van der Waals surface area contributed by atoms with Gasteiger partial charge < -0.3 is 4.74 Å². The van der Waals surface area contributed by atoms with Gasteiger partial charge in [0.05, 0.1) is 0 Å². The summed E-state index contributed by atoms with van der Waals surface area (Å²) in [6, 6.07) is 0. The number of ether oxygens (including phenoxy) is 1. The highest BCUT2D eigenvalue weighted by Crippen LogP contribution is 2.71. The molecular weight excluding hydrogens is 448 g/mol. The predicted octanol–water partition coefficient (Wildman–Crippen LogP) is 7.49. The van der Waals surface area contributed by atoms with Crippen LogP contribution in [0.5, 0.6) is 0 Å². The van der Waals surface area contributed by atoms with Crippen molar-refractivity contribution in [3.63, 3.8) is 0 Å². The van der Waals surface area contributed by atoms with Crippen molar-refractivity contribution in [3.05, 3.63) is 11.1 Å². The molecule has 0 spiro atoms. The monoisotopic (exact) mass is 498 g/mol. The Morgan fingerprint density at radius 1 is 0.944 bits per heavy atom. The number of esters is 1. The van der Waals surface area contributed by atoms with Crippen LogP contribution in [0.2, 0.25) is 0 Å². The standard InChI is InChI=1S/C32H50O4/c1-19(2)11-10-12-20(3)22-13-16-31(8)28-23(34)17-25-29(5,6)26(36-21(4)33)14-15-30(25,7)27(28)24(35)18-32(22,31)9/h19-20,22,25-26H,10-18H2,1-9H3/t20-,22+,25+,26+,30-,31-,32-/m0/s1. The van der Waals surface area contributed by atoms with E-state index in [9.17, 15) is 14.4 Å². The molecule has 4 aliphatic carbocycles. The second kappa shape index (κ2) is 9.09. The summed E-state index contributed by atoms with van der Waals surface area (Å²) in [5.74, 6) is 1.88. The van der Waals surface area contributed by atoms with Crippen molar-refractivity contribution in [1.82, 2.24) is 0 Å². The quantitative estimate of drug-likeness (QED) is 0.356. The number of carbonyl (C=O) groups is 3. The lowest BCUT2D eigenvalue weighted by atomic mass is 9.42. The summed E-state index contributed by atoms with van der Waals surface area (Å²) in [6.07, 6.45) is 8.12. The Kier molecular flexibility index (Phi) is 6.96. The fraction of sp³-hybridized carbons (Fsp3) is 0.844. The highest BCUT2D eigenvalue weighted by molar-refractivity contribution is 6.11. The number of allylic oxidation sites excluding steroid dienone is 2. The molecule has 0 aromatic carbocycles. The summed E-state index contributed by atoms with van der Waals surface area (Å²) < 4.78 is 5.74. The minimum absolute atomic E-state index is 0.00147. The summed E-state index contributed by atoms with van der Waals surface area (Å²) in [5, 5.41) is 0.